The number of aryl methyl sites for hydroxylation is 1. The average Bonchev–Trinajstić information content (AvgIpc) is 2.98. The summed E-state index contributed by atoms with van der Waals surface area (Å²) >= 11 is 0. The maximum Gasteiger partial charge on any atom is 0.252 e. The van der Waals surface area contributed by atoms with Gasteiger partial charge in [-0.1, -0.05) is 30.3 Å². The molecule has 0 aliphatic heterocycles. The van der Waals surface area contributed by atoms with Crippen LogP contribution in [0.15, 0.2) is 59.4 Å². The number of hydrogen-bond acceptors (Lipinski definition) is 3. The van der Waals surface area contributed by atoms with Gasteiger partial charge in [0.05, 0.1) is 22.6 Å². The van der Waals surface area contributed by atoms with Crippen LogP contribution in [0.2, 0.25) is 0 Å². The summed E-state index contributed by atoms with van der Waals surface area (Å²) in [6, 6.07) is 16.1. The first-order chi connectivity index (χ1) is 12.5. The molecule has 0 radical (unpaired) electrons. The predicted molar refractivity (Wildman–Crippen MR) is 101 cm³/mol. The molecule has 0 spiro atoms. The van der Waals surface area contributed by atoms with Gasteiger partial charge in [0.1, 0.15) is 5.82 Å². The van der Waals surface area contributed by atoms with Crippen molar-refractivity contribution in [2.75, 3.05) is 0 Å². The van der Waals surface area contributed by atoms with Gasteiger partial charge in [0.15, 0.2) is 0 Å². The smallest absolute Gasteiger partial charge is 0.252 e. The van der Waals surface area contributed by atoms with Crippen LogP contribution in [0.4, 0.5) is 0 Å². The molecule has 0 unspecified atom stereocenters. The average molecular weight is 346 g/mol. The number of carbonyl (C=O) groups excluding carboxylic acids is 1. The first kappa shape index (κ1) is 16.1. The molecular weight excluding hydrogens is 328 g/mol. The highest BCUT2D eigenvalue weighted by Crippen LogP contribution is 2.20. The molecule has 130 valence electrons. The summed E-state index contributed by atoms with van der Waals surface area (Å²) < 4.78 is 1.97. The summed E-state index contributed by atoms with van der Waals surface area (Å²) in [6.45, 7) is 1.88. The largest absolute Gasteiger partial charge is 0.342 e. The fourth-order valence-corrected chi connectivity index (χ4v) is 3.28. The first-order valence-corrected chi connectivity index (χ1v) is 8.39. The van der Waals surface area contributed by atoms with Crippen LogP contribution in [0.5, 0.6) is 0 Å². The van der Waals surface area contributed by atoms with E-state index in [1.165, 1.54) is 6.07 Å². The van der Waals surface area contributed by atoms with Crippen LogP contribution >= 0.6 is 0 Å². The van der Waals surface area contributed by atoms with E-state index in [0.29, 0.717) is 16.5 Å². The van der Waals surface area contributed by atoms with Crippen molar-refractivity contribution < 1.29 is 4.79 Å². The molecule has 2 N–H and O–H groups in total. The van der Waals surface area contributed by atoms with E-state index in [4.69, 9.17) is 0 Å². The second-order valence-corrected chi connectivity index (χ2v) is 6.31. The number of aromatic nitrogens is 3. The number of amides is 1. The molecule has 2 heterocycles. The van der Waals surface area contributed by atoms with Gasteiger partial charge in [-0.3, -0.25) is 9.59 Å². The zero-order valence-corrected chi connectivity index (χ0v) is 14.5. The Morgan fingerprint density at radius 2 is 1.88 bits per heavy atom. The number of imidazole rings is 1. The van der Waals surface area contributed by atoms with Crippen LogP contribution in [0.25, 0.3) is 21.9 Å². The minimum absolute atomic E-state index is 0.299. The van der Waals surface area contributed by atoms with Crippen LogP contribution < -0.4 is 10.9 Å². The number of rotatable bonds is 3. The van der Waals surface area contributed by atoms with Gasteiger partial charge in [0.25, 0.3) is 5.91 Å². The zero-order chi connectivity index (χ0) is 18.3. The van der Waals surface area contributed by atoms with Crippen molar-refractivity contribution in [1.29, 1.82) is 0 Å². The van der Waals surface area contributed by atoms with E-state index in [2.05, 4.69) is 15.3 Å². The van der Waals surface area contributed by atoms with Crippen LogP contribution in [0, 0.1) is 0 Å². The van der Waals surface area contributed by atoms with Gasteiger partial charge in [0, 0.05) is 24.0 Å². The Hall–Kier alpha value is -3.41. The summed E-state index contributed by atoms with van der Waals surface area (Å²) in [5, 5.41) is 3.67. The van der Waals surface area contributed by atoms with E-state index in [1.54, 1.807) is 6.07 Å². The number of H-pyrrole nitrogens is 1. The van der Waals surface area contributed by atoms with Crippen molar-refractivity contribution in [3.05, 3.63) is 76.3 Å². The fourth-order valence-electron chi connectivity index (χ4n) is 3.28. The molecule has 4 aromatic rings. The van der Waals surface area contributed by atoms with E-state index >= 15 is 0 Å². The third-order valence-corrected chi connectivity index (χ3v) is 4.55. The van der Waals surface area contributed by atoms with Gasteiger partial charge in [-0.25, -0.2) is 4.98 Å². The summed E-state index contributed by atoms with van der Waals surface area (Å²) in [4.78, 5) is 32.1. The Labute approximate surface area is 149 Å². The monoisotopic (exact) mass is 346 g/mol. The minimum Gasteiger partial charge on any atom is -0.342 e. The topological polar surface area (TPSA) is 79.8 Å². The molecule has 1 amide bonds. The molecule has 6 heteroatoms. The number of fused-ring (bicyclic) bond motifs is 2. The molecule has 2 aromatic heterocycles. The summed E-state index contributed by atoms with van der Waals surface area (Å²) in [7, 11) is 1.93. The molecule has 1 atom stereocenters. The second-order valence-electron chi connectivity index (χ2n) is 6.31. The standard InChI is InChI=1S/C20H18N4O2/c1-12(19-23-16-9-5-6-10-17(16)24(19)2)21-20(26)14-11-18(25)22-15-8-4-3-7-13(14)15/h3-12H,1-2H3,(H,21,26)(H,22,25)/t12-/m0/s1. The Balaban J connectivity index is 1.70. The van der Waals surface area contributed by atoms with Crippen molar-refractivity contribution >= 4 is 27.8 Å². The number of aromatic amines is 1. The van der Waals surface area contributed by atoms with Gasteiger partial charge in [-0.2, -0.15) is 0 Å². The van der Waals surface area contributed by atoms with E-state index in [0.717, 1.165) is 16.9 Å². The number of para-hydroxylation sites is 3. The van der Waals surface area contributed by atoms with Crippen molar-refractivity contribution in [2.45, 2.75) is 13.0 Å². The van der Waals surface area contributed by atoms with Crippen LogP contribution in [0.1, 0.15) is 29.1 Å². The molecule has 2 aromatic carbocycles. The summed E-state index contributed by atoms with van der Waals surface area (Å²) in [5.41, 5.74) is 2.58. The number of nitrogens with one attached hydrogen (secondary N) is 2. The van der Waals surface area contributed by atoms with Crippen molar-refractivity contribution in [3.8, 4) is 0 Å². The van der Waals surface area contributed by atoms with Gasteiger partial charge in [0.2, 0.25) is 5.56 Å². The van der Waals surface area contributed by atoms with Crippen LogP contribution in [-0.4, -0.2) is 20.4 Å². The molecule has 0 saturated carbocycles. The SMILES string of the molecule is C[C@H](NC(=O)c1cc(=O)[nH]c2ccccc12)c1nc2ccccc2n1C. The molecule has 6 nitrogen and oxygen atoms in total. The number of pyridine rings is 1. The van der Waals surface area contributed by atoms with E-state index in [-0.39, 0.29) is 17.5 Å². The second kappa shape index (κ2) is 6.15. The fraction of sp³-hybridized carbons (Fsp3) is 0.150. The van der Waals surface area contributed by atoms with E-state index in [9.17, 15) is 9.59 Å². The minimum atomic E-state index is -0.307. The quantitative estimate of drug-likeness (QED) is 0.598. The Morgan fingerprint density at radius 3 is 2.69 bits per heavy atom. The van der Waals surface area contributed by atoms with Gasteiger partial charge < -0.3 is 14.9 Å². The third kappa shape index (κ3) is 2.65. The number of nitrogens with zero attached hydrogens (tertiary/aromatic N) is 2. The lowest BCUT2D eigenvalue weighted by atomic mass is 10.1. The number of carbonyl (C=O) groups is 1. The lowest BCUT2D eigenvalue weighted by Gasteiger charge is -2.15. The van der Waals surface area contributed by atoms with Gasteiger partial charge in [-0.15, -0.1) is 0 Å². The van der Waals surface area contributed by atoms with Crippen LogP contribution in [-0.2, 0) is 7.05 Å². The highest BCUT2D eigenvalue weighted by Gasteiger charge is 2.19. The Bertz CT molecular complexity index is 1190. The Morgan fingerprint density at radius 1 is 1.15 bits per heavy atom. The van der Waals surface area contributed by atoms with E-state index in [1.807, 2.05) is 61.0 Å². The molecule has 26 heavy (non-hydrogen) atoms. The summed E-state index contributed by atoms with van der Waals surface area (Å²) in [6.07, 6.45) is 0. The normalized spacial score (nSPS) is 12.4. The zero-order valence-electron chi connectivity index (χ0n) is 14.5. The molecule has 0 aliphatic carbocycles. The number of hydrogen-bond donors (Lipinski definition) is 2. The molecule has 0 fully saturated rings. The molecule has 0 saturated heterocycles. The van der Waals surface area contributed by atoms with Crippen molar-refractivity contribution in [3.63, 3.8) is 0 Å². The predicted octanol–water partition coefficient (Wildman–Crippen LogP) is 2.91. The van der Waals surface area contributed by atoms with E-state index < -0.39 is 0 Å². The van der Waals surface area contributed by atoms with Crippen LogP contribution in [0.3, 0.4) is 0 Å². The maximum absolute atomic E-state index is 12.8. The van der Waals surface area contributed by atoms with Gasteiger partial charge in [-0.05, 0) is 25.1 Å². The highest BCUT2D eigenvalue weighted by molar-refractivity contribution is 6.06. The Kier molecular flexibility index (Phi) is 3.80. The first-order valence-electron chi connectivity index (χ1n) is 8.39. The highest BCUT2D eigenvalue weighted by atomic mass is 16.2. The van der Waals surface area contributed by atoms with Crippen molar-refractivity contribution in [1.82, 2.24) is 19.9 Å². The van der Waals surface area contributed by atoms with Crippen molar-refractivity contribution in [2.24, 2.45) is 7.05 Å². The lowest BCUT2D eigenvalue weighted by molar-refractivity contribution is 0.0939. The molecular formula is C20H18N4O2. The maximum atomic E-state index is 12.8. The third-order valence-electron chi connectivity index (χ3n) is 4.55. The lowest BCUT2D eigenvalue weighted by Crippen LogP contribution is -2.29. The summed E-state index contributed by atoms with van der Waals surface area (Å²) in [5.74, 6) is 0.459. The number of benzene rings is 2. The molecule has 0 aliphatic rings. The van der Waals surface area contributed by atoms with Gasteiger partial charge >= 0.3 is 0 Å². The molecule has 0 bridgehead atoms. The molecule has 4 rings (SSSR count).